The Labute approximate surface area is 161 Å². The summed E-state index contributed by atoms with van der Waals surface area (Å²) in [7, 11) is 1.25. The molecular formula is C21H20F3NO3. The Morgan fingerprint density at radius 2 is 1.75 bits per heavy atom. The number of halogens is 3. The molecule has 2 rings (SSSR count). The third-order valence-electron chi connectivity index (χ3n) is 3.97. The minimum absolute atomic E-state index is 0.0738. The first kappa shape index (κ1) is 21.2. The topological polar surface area (TPSA) is 46.6 Å². The number of hydrogen-bond acceptors (Lipinski definition) is 3. The van der Waals surface area contributed by atoms with E-state index in [1.165, 1.54) is 36.3 Å². The average Bonchev–Trinajstić information content (AvgIpc) is 2.66. The zero-order chi connectivity index (χ0) is 20.9. The van der Waals surface area contributed by atoms with E-state index in [1.54, 1.807) is 38.1 Å². The van der Waals surface area contributed by atoms with Crippen LogP contribution in [0.4, 0.5) is 18.9 Å². The highest BCUT2D eigenvalue weighted by Crippen LogP contribution is 2.31. The molecule has 2 aromatic carbocycles. The highest BCUT2D eigenvalue weighted by molar-refractivity contribution is 6.07. The maximum Gasteiger partial charge on any atom is 0.416 e. The van der Waals surface area contributed by atoms with Gasteiger partial charge in [-0.05, 0) is 49.8 Å². The Morgan fingerprint density at radius 1 is 1.07 bits per heavy atom. The van der Waals surface area contributed by atoms with E-state index in [-0.39, 0.29) is 11.6 Å². The standard InChI is InChI=1S/C21H20F3NO3/c1-14(2)25(18-10-5-4-7-15(18)11-12-19(26)28-3)20(27)16-8-6-9-17(13-16)21(22,23)24/h4-14H,1-3H3/b12-11+. The van der Waals surface area contributed by atoms with Gasteiger partial charge in [0.15, 0.2) is 0 Å². The van der Waals surface area contributed by atoms with Crippen molar-refractivity contribution in [1.29, 1.82) is 0 Å². The highest BCUT2D eigenvalue weighted by Gasteiger charge is 2.32. The van der Waals surface area contributed by atoms with Crippen molar-refractivity contribution in [3.05, 3.63) is 71.3 Å². The Balaban J connectivity index is 2.49. The van der Waals surface area contributed by atoms with Gasteiger partial charge in [0.1, 0.15) is 0 Å². The predicted octanol–water partition coefficient (Wildman–Crippen LogP) is 4.95. The molecule has 0 aliphatic rings. The molecule has 2 aromatic rings. The molecule has 0 atom stereocenters. The first-order valence-electron chi connectivity index (χ1n) is 8.51. The number of ether oxygens (including phenoxy) is 1. The van der Waals surface area contributed by atoms with Crippen LogP contribution < -0.4 is 4.90 Å². The molecule has 0 aliphatic carbocycles. The zero-order valence-corrected chi connectivity index (χ0v) is 15.7. The largest absolute Gasteiger partial charge is 0.466 e. The highest BCUT2D eigenvalue weighted by atomic mass is 19.4. The smallest absolute Gasteiger partial charge is 0.416 e. The van der Waals surface area contributed by atoms with Gasteiger partial charge in [0.05, 0.1) is 18.4 Å². The Bertz CT molecular complexity index is 888. The van der Waals surface area contributed by atoms with Crippen LogP contribution in [0.15, 0.2) is 54.6 Å². The fourth-order valence-corrected chi connectivity index (χ4v) is 2.66. The van der Waals surface area contributed by atoms with E-state index < -0.39 is 23.6 Å². The predicted molar refractivity (Wildman–Crippen MR) is 101 cm³/mol. The maximum atomic E-state index is 13.1. The number of benzene rings is 2. The van der Waals surface area contributed by atoms with Crippen molar-refractivity contribution >= 4 is 23.6 Å². The van der Waals surface area contributed by atoms with Gasteiger partial charge in [0, 0.05) is 17.7 Å². The van der Waals surface area contributed by atoms with Gasteiger partial charge >= 0.3 is 12.1 Å². The van der Waals surface area contributed by atoms with Crippen LogP contribution >= 0.6 is 0 Å². The fraction of sp³-hybridized carbons (Fsp3) is 0.238. The molecule has 0 saturated carbocycles. The summed E-state index contributed by atoms with van der Waals surface area (Å²) in [5.74, 6) is -1.13. The van der Waals surface area contributed by atoms with E-state index in [0.29, 0.717) is 11.3 Å². The van der Waals surface area contributed by atoms with E-state index in [4.69, 9.17) is 0 Å². The van der Waals surface area contributed by atoms with Crippen LogP contribution in [0.1, 0.15) is 35.3 Å². The zero-order valence-electron chi connectivity index (χ0n) is 15.7. The molecule has 148 valence electrons. The molecule has 0 aliphatic heterocycles. The van der Waals surface area contributed by atoms with Gasteiger partial charge in [0.2, 0.25) is 0 Å². The lowest BCUT2D eigenvalue weighted by Crippen LogP contribution is -2.37. The van der Waals surface area contributed by atoms with Gasteiger partial charge < -0.3 is 9.64 Å². The van der Waals surface area contributed by atoms with Crippen LogP contribution in [0.25, 0.3) is 6.08 Å². The second-order valence-electron chi connectivity index (χ2n) is 6.26. The molecule has 0 spiro atoms. The Kier molecular flexibility index (Phi) is 6.62. The summed E-state index contributed by atoms with van der Waals surface area (Å²) >= 11 is 0. The van der Waals surface area contributed by atoms with E-state index in [1.807, 2.05) is 0 Å². The summed E-state index contributed by atoms with van der Waals surface area (Å²) in [5.41, 5.74) is 0.0678. The molecule has 4 nitrogen and oxygen atoms in total. The number of hydrogen-bond donors (Lipinski definition) is 0. The number of carbonyl (C=O) groups is 2. The number of methoxy groups -OCH3 is 1. The number of anilines is 1. The van der Waals surface area contributed by atoms with Crippen LogP contribution in [-0.2, 0) is 15.7 Å². The summed E-state index contributed by atoms with van der Waals surface area (Å²) in [5, 5.41) is 0. The van der Waals surface area contributed by atoms with Crippen molar-refractivity contribution in [2.45, 2.75) is 26.1 Å². The van der Waals surface area contributed by atoms with Gasteiger partial charge in [-0.2, -0.15) is 13.2 Å². The number of para-hydroxylation sites is 1. The summed E-state index contributed by atoms with van der Waals surface area (Å²) in [4.78, 5) is 25.8. The Morgan fingerprint density at radius 3 is 2.36 bits per heavy atom. The summed E-state index contributed by atoms with van der Waals surface area (Å²) < 4.78 is 43.6. The lowest BCUT2D eigenvalue weighted by atomic mass is 10.1. The monoisotopic (exact) mass is 391 g/mol. The first-order chi connectivity index (χ1) is 13.1. The molecule has 0 unspecified atom stereocenters. The molecule has 7 heteroatoms. The fourth-order valence-electron chi connectivity index (χ4n) is 2.66. The number of alkyl halides is 3. The lowest BCUT2D eigenvalue weighted by Gasteiger charge is -2.28. The average molecular weight is 391 g/mol. The second-order valence-corrected chi connectivity index (χ2v) is 6.26. The quantitative estimate of drug-likeness (QED) is 0.535. The number of rotatable bonds is 5. The number of carbonyl (C=O) groups excluding carboxylic acids is 2. The molecule has 0 heterocycles. The minimum Gasteiger partial charge on any atom is -0.466 e. The SMILES string of the molecule is COC(=O)/C=C/c1ccccc1N(C(=O)c1cccc(C(F)(F)F)c1)C(C)C. The third kappa shape index (κ3) is 5.00. The van der Waals surface area contributed by atoms with E-state index in [0.717, 1.165) is 12.1 Å². The lowest BCUT2D eigenvalue weighted by molar-refractivity contribution is -0.137. The van der Waals surface area contributed by atoms with Gasteiger partial charge in [-0.15, -0.1) is 0 Å². The van der Waals surface area contributed by atoms with Crippen LogP contribution in [0.5, 0.6) is 0 Å². The van der Waals surface area contributed by atoms with Crippen molar-refractivity contribution in [3.8, 4) is 0 Å². The molecule has 0 saturated heterocycles. The third-order valence-corrected chi connectivity index (χ3v) is 3.97. The number of amides is 1. The molecule has 0 radical (unpaired) electrons. The van der Waals surface area contributed by atoms with Gasteiger partial charge in [0.25, 0.3) is 5.91 Å². The molecule has 1 amide bonds. The Hall–Kier alpha value is -3.09. The van der Waals surface area contributed by atoms with Crippen LogP contribution in [0, 0.1) is 0 Å². The van der Waals surface area contributed by atoms with Gasteiger partial charge in [-0.1, -0.05) is 24.3 Å². The van der Waals surface area contributed by atoms with Crippen LogP contribution in [0.3, 0.4) is 0 Å². The van der Waals surface area contributed by atoms with E-state index in [9.17, 15) is 22.8 Å². The number of esters is 1. The summed E-state index contributed by atoms with van der Waals surface area (Å²) in [6, 6.07) is 10.8. The first-order valence-corrected chi connectivity index (χ1v) is 8.51. The van der Waals surface area contributed by atoms with Gasteiger partial charge in [-0.3, -0.25) is 4.79 Å². The van der Waals surface area contributed by atoms with Crippen molar-refractivity contribution in [2.24, 2.45) is 0 Å². The van der Waals surface area contributed by atoms with Crippen molar-refractivity contribution in [2.75, 3.05) is 12.0 Å². The normalized spacial score (nSPS) is 11.7. The number of nitrogens with zero attached hydrogens (tertiary/aromatic N) is 1. The second kappa shape index (κ2) is 8.73. The molecule has 0 bridgehead atoms. The molecule has 28 heavy (non-hydrogen) atoms. The van der Waals surface area contributed by atoms with E-state index >= 15 is 0 Å². The van der Waals surface area contributed by atoms with Gasteiger partial charge in [-0.25, -0.2) is 4.79 Å². The van der Waals surface area contributed by atoms with Crippen molar-refractivity contribution in [1.82, 2.24) is 0 Å². The molecule has 0 aromatic heterocycles. The summed E-state index contributed by atoms with van der Waals surface area (Å²) in [6.45, 7) is 3.51. The van der Waals surface area contributed by atoms with Crippen LogP contribution in [-0.4, -0.2) is 25.0 Å². The minimum atomic E-state index is -4.54. The molecule has 0 fully saturated rings. The summed E-state index contributed by atoms with van der Waals surface area (Å²) in [6.07, 6.45) is -1.83. The molecular weight excluding hydrogens is 371 g/mol. The van der Waals surface area contributed by atoms with E-state index in [2.05, 4.69) is 4.74 Å². The molecule has 0 N–H and O–H groups in total. The maximum absolute atomic E-state index is 13.1. The van der Waals surface area contributed by atoms with Crippen molar-refractivity contribution < 1.29 is 27.5 Å². The van der Waals surface area contributed by atoms with Crippen molar-refractivity contribution in [3.63, 3.8) is 0 Å². The van der Waals surface area contributed by atoms with Crippen LogP contribution in [0.2, 0.25) is 0 Å².